The Morgan fingerprint density at radius 1 is 1.42 bits per heavy atom. The lowest BCUT2D eigenvalue weighted by Gasteiger charge is -2.24. The third-order valence-corrected chi connectivity index (χ3v) is 4.43. The van der Waals surface area contributed by atoms with Crippen molar-refractivity contribution in [2.45, 2.75) is 32.3 Å². The van der Waals surface area contributed by atoms with Gasteiger partial charge in [0.15, 0.2) is 0 Å². The Morgan fingerprint density at radius 3 is 2.73 bits per heavy atom. The maximum atomic E-state index is 14.3. The molecule has 1 amide bonds. The van der Waals surface area contributed by atoms with Gasteiger partial charge in [-0.25, -0.2) is 4.39 Å². The van der Waals surface area contributed by atoms with Gasteiger partial charge in [0.05, 0.1) is 0 Å². The third kappa shape index (κ3) is 4.24. The number of hydrogen-bond donors (Lipinski definition) is 1. The maximum Gasteiger partial charge on any atom is 0.308 e. The average molecular weight is 449 g/mol. The molecule has 1 unspecified atom stereocenters. The zero-order valence-electron chi connectivity index (χ0n) is 14.0. The van der Waals surface area contributed by atoms with E-state index in [0.29, 0.717) is 11.8 Å². The number of ketones is 1. The zero-order chi connectivity index (χ0) is 19.5. The van der Waals surface area contributed by atoms with Crippen LogP contribution in [0.2, 0.25) is 5.02 Å². The summed E-state index contributed by atoms with van der Waals surface area (Å²) in [6.45, 7) is 2.41. The molecule has 0 fully saturated rings. The van der Waals surface area contributed by atoms with Gasteiger partial charge < -0.3 is 9.47 Å². The summed E-state index contributed by atoms with van der Waals surface area (Å²) < 4.78 is 24.7. The fourth-order valence-electron chi connectivity index (χ4n) is 2.39. The molecule has 1 aromatic rings. The van der Waals surface area contributed by atoms with Gasteiger partial charge in [-0.3, -0.25) is 19.7 Å². The van der Waals surface area contributed by atoms with Crippen molar-refractivity contribution in [2.75, 3.05) is 5.33 Å². The average Bonchev–Trinajstić information content (AvgIpc) is 2.80. The predicted molar refractivity (Wildman–Crippen MR) is 94.8 cm³/mol. The van der Waals surface area contributed by atoms with Crippen LogP contribution in [-0.4, -0.2) is 23.0 Å². The van der Waals surface area contributed by atoms with Crippen LogP contribution in [0.3, 0.4) is 0 Å². The molecule has 6 nitrogen and oxygen atoms in total. The van der Waals surface area contributed by atoms with Crippen LogP contribution in [0.4, 0.5) is 4.39 Å². The molecule has 1 heterocycles. The second-order valence-electron chi connectivity index (χ2n) is 5.68. The van der Waals surface area contributed by atoms with Gasteiger partial charge in [-0.2, -0.15) is 0 Å². The van der Waals surface area contributed by atoms with E-state index in [1.54, 1.807) is 0 Å². The molecule has 140 valence electrons. The number of alkyl halides is 1. The van der Waals surface area contributed by atoms with E-state index in [0.717, 1.165) is 13.0 Å². The van der Waals surface area contributed by atoms with Crippen LogP contribution in [-0.2, 0) is 29.5 Å². The Hall–Kier alpha value is -1.93. The Labute approximate surface area is 162 Å². The van der Waals surface area contributed by atoms with Crippen LogP contribution < -0.4 is 5.32 Å². The first-order chi connectivity index (χ1) is 12.2. The number of carbonyl (C=O) groups excluding carboxylic acids is 3. The van der Waals surface area contributed by atoms with Gasteiger partial charge in [0, 0.05) is 29.3 Å². The van der Waals surface area contributed by atoms with Gasteiger partial charge in [0.2, 0.25) is 23.2 Å². The fourth-order valence-corrected chi connectivity index (χ4v) is 2.84. The largest absolute Gasteiger partial charge is 0.456 e. The van der Waals surface area contributed by atoms with Gasteiger partial charge in [0.25, 0.3) is 5.78 Å². The normalized spacial score (nSPS) is 19.3. The minimum Gasteiger partial charge on any atom is -0.456 e. The smallest absolute Gasteiger partial charge is 0.308 e. The van der Waals surface area contributed by atoms with Crippen LogP contribution in [0, 0.1) is 5.82 Å². The molecule has 1 aliphatic rings. The number of hydrogen-bond acceptors (Lipinski definition) is 5. The molecule has 1 atom stereocenters. The Bertz CT molecular complexity index is 797. The molecule has 0 saturated heterocycles. The SMILES string of the molecule is CC(=O)OC1=C(NC(=O)CCCBr)OC(C)(c2cc(Cl)ccc2F)C1=O. The maximum absolute atomic E-state index is 14.3. The molecular formula is C17H16BrClFNO5. The molecule has 0 radical (unpaired) electrons. The number of benzene rings is 1. The summed E-state index contributed by atoms with van der Waals surface area (Å²) in [5.74, 6) is -3.55. The summed E-state index contributed by atoms with van der Waals surface area (Å²) in [5, 5.41) is 3.21. The first-order valence-electron chi connectivity index (χ1n) is 7.67. The molecule has 26 heavy (non-hydrogen) atoms. The van der Waals surface area contributed by atoms with Crippen molar-refractivity contribution in [3.8, 4) is 0 Å². The van der Waals surface area contributed by atoms with Crippen LogP contribution in [0.5, 0.6) is 0 Å². The fraction of sp³-hybridized carbons (Fsp3) is 0.353. The van der Waals surface area contributed by atoms with E-state index < -0.39 is 34.8 Å². The zero-order valence-corrected chi connectivity index (χ0v) is 16.4. The molecule has 1 N–H and O–H groups in total. The topological polar surface area (TPSA) is 81.7 Å². The number of halogens is 3. The van der Waals surface area contributed by atoms with E-state index in [1.165, 1.54) is 19.1 Å². The summed E-state index contributed by atoms with van der Waals surface area (Å²) in [4.78, 5) is 36.1. The molecule has 0 aliphatic carbocycles. The molecule has 0 saturated carbocycles. The number of esters is 1. The van der Waals surface area contributed by atoms with Crippen molar-refractivity contribution in [3.63, 3.8) is 0 Å². The first-order valence-corrected chi connectivity index (χ1v) is 9.17. The van der Waals surface area contributed by atoms with E-state index in [1.807, 2.05) is 0 Å². The second kappa shape index (κ2) is 8.18. The highest BCUT2D eigenvalue weighted by molar-refractivity contribution is 9.09. The number of ether oxygens (including phenoxy) is 2. The van der Waals surface area contributed by atoms with Crippen LogP contribution >= 0.6 is 27.5 Å². The Balaban J connectivity index is 2.40. The quantitative estimate of drug-likeness (QED) is 0.533. The highest BCUT2D eigenvalue weighted by Crippen LogP contribution is 2.40. The van der Waals surface area contributed by atoms with E-state index in [-0.39, 0.29) is 22.9 Å². The van der Waals surface area contributed by atoms with E-state index >= 15 is 0 Å². The summed E-state index contributed by atoms with van der Waals surface area (Å²) in [7, 11) is 0. The number of carbonyl (C=O) groups is 3. The van der Waals surface area contributed by atoms with E-state index in [2.05, 4.69) is 21.2 Å². The highest BCUT2D eigenvalue weighted by atomic mass is 79.9. The molecule has 9 heteroatoms. The molecular weight excluding hydrogens is 433 g/mol. The summed E-state index contributed by atoms with van der Waals surface area (Å²) in [5.41, 5.74) is -1.97. The van der Waals surface area contributed by atoms with Crippen molar-refractivity contribution < 1.29 is 28.2 Å². The minimum atomic E-state index is -1.84. The van der Waals surface area contributed by atoms with Gasteiger partial charge in [-0.15, -0.1) is 0 Å². The summed E-state index contributed by atoms with van der Waals surface area (Å²) >= 11 is 9.10. The van der Waals surface area contributed by atoms with E-state index in [9.17, 15) is 18.8 Å². The molecule has 0 bridgehead atoms. The lowest BCUT2D eigenvalue weighted by atomic mass is 9.91. The standard InChI is InChI=1S/C17H16BrClFNO5/c1-9(22)25-14-15(24)17(2,11-8-10(19)5-6-12(11)20)26-16(14)21-13(23)4-3-7-18/h5-6,8H,3-4,7H2,1-2H3,(H,21,23). The molecule has 1 aliphatic heterocycles. The van der Waals surface area contributed by atoms with Crippen molar-refractivity contribution in [3.05, 3.63) is 46.2 Å². The van der Waals surface area contributed by atoms with Gasteiger partial charge >= 0.3 is 5.97 Å². The van der Waals surface area contributed by atoms with Gasteiger partial charge in [-0.1, -0.05) is 27.5 Å². The third-order valence-electron chi connectivity index (χ3n) is 3.63. The van der Waals surface area contributed by atoms with Crippen molar-refractivity contribution in [1.82, 2.24) is 5.32 Å². The molecule has 1 aromatic carbocycles. The van der Waals surface area contributed by atoms with Crippen LogP contribution in [0.1, 0.15) is 32.3 Å². The molecule has 2 rings (SSSR count). The number of amides is 1. The van der Waals surface area contributed by atoms with Gasteiger partial charge in [0.1, 0.15) is 5.82 Å². The number of Topliss-reactive ketones (excluding diaryl/α,β-unsaturated/α-hetero) is 1. The summed E-state index contributed by atoms with van der Waals surface area (Å²) in [6.07, 6.45) is 0.706. The van der Waals surface area contributed by atoms with Crippen LogP contribution in [0.15, 0.2) is 29.8 Å². The summed E-state index contributed by atoms with van der Waals surface area (Å²) in [6, 6.07) is 3.67. The monoisotopic (exact) mass is 447 g/mol. The Morgan fingerprint density at radius 2 is 2.12 bits per heavy atom. The van der Waals surface area contributed by atoms with E-state index in [4.69, 9.17) is 21.1 Å². The van der Waals surface area contributed by atoms with Crippen LogP contribution in [0.25, 0.3) is 0 Å². The van der Waals surface area contributed by atoms with Crippen molar-refractivity contribution >= 4 is 45.2 Å². The van der Waals surface area contributed by atoms with Crippen molar-refractivity contribution in [2.24, 2.45) is 0 Å². The van der Waals surface area contributed by atoms with Gasteiger partial charge in [-0.05, 0) is 31.5 Å². The second-order valence-corrected chi connectivity index (χ2v) is 6.91. The predicted octanol–water partition coefficient (Wildman–Crippen LogP) is 3.32. The Kier molecular flexibility index (Phi) is 6.41. The molecule has 0 spiro atoms. The first kappa shape index (κ1) is 20.4. The lowest BCUT2D eigenvalue weighted by Crippen LogP contribution is -2.33. The number of nitrogens with one attached hydrogen (secondary N) is 1. The highest BCUT2D eigenvalue weighted by Gasteiger charge is 2.51. The minimum absolute atomic E-state index is 0.135. The molecule has 0 aromatic heterocycles. The number of rotatable bonds is 6. The van der Waals surface area contributed by atoms with Crippen molar-refractivity contribution in [1.29, 1.82) is 0 Å². The lowest BCUT2D eigenvalue weighted by molar-refractivity contribution is -0.142.